The van der Waals surface area contributed by atoms with E-state index in [9.17, 15) is 0 Å². The lowest BCUT2D eigenvalue weighted by atomic mass is 9.87. The molecule has 30 heavy (non-hydrogen) atoms. The van der Waals surface area contributed by atoms with Crippen molar-refractivity contribution < 1.29 is 4.57 Å². The predicted octanol–water partition coefficient (Wildman–Crippen LogP) is 7.17. The molecule has 0 aliphatic carbocycles. The van der Waals surface area contributed by atoms with Gasteiger partial charge in [-0.1, -0.05) is 60.2 Å². The van der Waals surface area contributed by atoms with E-state index >= 15 is 0 Å². The molecule has 146 valence electrons. The fourth-order valence-electron chi connectivity index (χ4n) is 5.00. The van der Waals surface area contributed by atoms with Crippen molar-refractivity contribution in [2.45, 2.75) is 27.7 Å². The number of aryl methyl sites for hydroxylation is 4. The molecule has 0 radical (unpaired) electrons. The van der Waals surface area contributed by atoms with Gasteiger partial charge in [-0.3, -0.25) is 0 Å². The lowest BCUT2D eigenvalue weighted by Crippen LogP contribution is -2.33. The number of hydrogen-bond acceptors (Lipinski definition) is 0. The first-order valence-corrected chi connectivity index (χ1v) is 10.6. The quantitative estimate of drug-likeness (QED) is 0.223. The Morgan fingerprint density at radius 3 is 1.90 bits per heavy atom. The van der Waals surface area contributed by atoms with E-state index in [0.29, 0.717) is 0 Å². The van der Waals surface area contributed by atoms with Gasteiger partial charge >= 0.3 is 0 Å². The zero-order valence-electron chi connectivity index (χ0n) is 18.0. The minimum absolute atomic E-state index is 1.19. The van der Waals surface area contributed by atoms with Crippen LogP contribution in [0.2, 0.25) is 0 Å². The van der Waals surface area contributed by atoms with E-state index < -0.39 is 0 Å². The van der Waals surface area contributed by atoms with Crippen LogP contribution in [0, 0.1) is 27.7 Å². The maximum Gasteiger partial charge on any atom is 0.219 e. The van der Waals surface area contributed by atoms with Crippen molar-refractivity contribution in [3.63, 3.8) is 0 Å². The second-order valence-corrected chi connectivity index (χ2v) is 8.31. The minimum atomic E-state index is 1.19. The fraction of sp³-hybridized carbons (Fsp3) is 0.138. The second-order valence-electron chi connectivity index (χ2n) is 8.31. The summed E-state index contributed by atoms with van der Waals surface area (Å²) in [5, 5.41) is 2.62. The van der Waals surface area contributed by atoms with Crippen molar-refractivity contribution in [3.8, 4) is 16.8 Å². The van der Waals surface area contributed by atoms with Crippen LogP contribution in [0.5, 0.6) is 0 Å². The van der Waals surface area contributed by atoms with E-state index in [1.165, 1.54) is 60.9 Å². The van der Waals surface area contributed by atoms with Crippen molar-refractivity contribution in [1.29, 1.82) is 0 Å². The number of nitrogens with zero attached hydrogens (tertiary/aromatic N) is 1. The Morgan fingerprint density at radius 2 is 1.17 bits per heavy atom. The Kier molecular flexibility index (Phi) is 4.40. The van der Waals surface area contributed by atoms with E-state index in [4.69, 9.17) is 0 Å². The van der Waals surface area contributed by atoms with Crippen LogP contribution in [0.4, 0.5) is 0 Å². The summed E-state index contributed by atoms with van der Waals surface area (Å²) >= 11 is 0. The molecule has 1 heteroatoms. The van der Waals surface area contributed by atoms with E-state index in [1.54, 1.807) is 0 Å². The van der Waals surface area contributed by atoms with Gasteiger partial charge < -0.3 is 0 Å². The highest BCUT2D eigenvalue weighted by atomic mass is 15.0. The summed E-state index contributed by atoms with van der Waals surface area (Å²) in [4.78, 5) is 0. The SMILES string of the molecule is Cc1cc(C)c(-c2c3ccccc3[n+](-c3ccccc3)c3cccc(C)c23)c(C)c1. The zero-order valence-corrected chi connectivity index (χ0v) is 18.0. The Labute approximate surface area is 178 Å². The van der Waals surface area contributed by atoms with Crippen LogP contribution in [0.15, 0.2) is 84.9 Å². The summed E-state index contributed by atoms with van der Waals surface area (Å²) in [6.07, 6.45) is 0. The van der Waals surface area contributed by atoms with E-state index in [1.807, 2.05) is 0 Å². The van der Waals surface area contributed by atoms with Gasteiger partial charge in [-0.25, -0.2) is 0 Å². The average molecular weight is 389 g/mol. The first-order valence-electron chi connectivity index (χ1n) is 10.6. The van der Waals surface area contributed by atoms with E-state index in [2.05, 4.69) is 117 Å². The second kappa shape index (κ2) is 7.11. The molecule has 0 N–H and O–H groups in total. The summed E-state index contributed by atoms with van der Waals surface area (Å²) in [5.41, 5.74) is 11.7. The maximum absolute atomic E-state index is 2.40. The number of para-hydroxylation sites is 2. The molecule has 0 amide bonds. The molecule has 0 unspecified atom stereocenters. The number of pyridine rings is 1. The van der Waals surface area contributed by atoms with Gasteiger partial charge in [-0.05, 0) is 56.0 Å². The van der Waals surface area contributed by atoms with Crippen LogP contribution in [0.25, 0.3) is 38.6 Å². The largest absolute Gasteiger partial charge is 0.219 e. The molecule has 1 nitrogen and oxygen atoms in total. The molecule has 4 aromatic carbocycles. The summed E-state index contributed by atoms with van der Waals surface area (Å²) < 4.78 is 2.40. The van der Waals surface area contributed by atoms with Crippen LogP contribution in [-0.4, -0.2) is 0 Å². The highest BCUT2D eigenvalue weighted by molar-refractivity contribution is 6.09. The molecule has 5 aromatic rings. The lowest BCUT2D eigenvalue weighted by Gasteiger charge is -2.17. The van der Waals surface area contributed by atoms with Crippen LogP contribution in [0.1, 0.15) is 22.3 Å². The minimum Gasteiger partial charge on any atom is -0.153 e. The molecule has 1 aromatic heterocycles. The Morgan fingerprint density at radius 1 is 0.533 bits per heavy atom. The lowest BCUT2D eigenvalue weighted by molar-refractivity contribution is -0.537. The van der Waals surface area contributed by atoms with Gasteiger partial charge in [0.2, 0.25) is 16.7 Å². The summed E-state index contributed by atoms with van der Waals surface area (Å²) in [7, 11) is 0. The van der Waals surface area contributed by atoms with Crippen LogP contribution in [0.3, 0.4) is 0 Å². The van der Waals surface area contributed by atoms with Gasteiger partial charge in [-0.2, -0.15) is 4.57 Å². The van der Waals surface area contributed by atoms with Crippen molar-refractivity contribution in [2.75, 3.05) is 0 Å². The van der Waals surface area contributed by atoms with Gasteiger partial charge in [0.25, 0.3) is 0 Å². The molecule has 0 bridgehead atoms. The molecule has 0 aliphatic rings. The van der Waals surface area contributed by atoms with Crippen LogP contribution < -0.4 is 4.57 Å². The molecule has 0 fully saturated rings. The third kappa shape index (κ3) is 2.81. The smallest absolute Gasteiger partial charge is 0.153 e. The molecule has 5 rings (SSSR count). The Bertz CT molecular complexity index is 1390. The van der Waals surface area contributed by atoms with Crippen molar-refractivity contribution in [2.24, 2.45) is 0 Å². The normalized spacial score (nSPS) is 11.3. The number of rotatable bonds is 2. The molecule has 0 aliphatic heterocycles. The first-order chi connectivity index (χ1) is 14.6. The first kappa shape index (κ1) is 18.6. The maximum atomic E-state index is 2.40. The molecular formula is C29H26N+. The average Bonchev–Trinajstić information content (AvgIpc) is 2.73. The van der Waals surface area contributed by atoms with Crippen LogP contribution >= 0.6 is 0 Å². The highest BCUT2D eigenvalue weighted by Gasteiger charge is 2.25. The monoisotopic (exact) mass is 388 g/mol. The fourth-order valence-corrected chi connectivity index (χ4v) is 5.00. The van der Waals surface area contributed by atoms with E-state index in [0.717, 1.165) is 0 Å². The van der Waals surface area contributed by atoms with Gasteiger partial charge in [-0.15, -0.1) is 0 Å². The third-order valence-corrected chi connectivity index (χ3v) is 6.10. The standard InChI is InChI=1S/C29H26N/c1-19-17-21(3)27(22(4)18-19)29-24-14-8-9-15-25(24)30(23-12-6-5-7-13-23)26-16-10-11-20(2)28(26)29/h5-18H,1-4H3/q+1. The van der Waals surface area contributed by atoms with Crippen molar-refractivity contribution in [3.05, 3.63) is 107 Å². The topological polar surface area (TPSA) is 3.88 Å². The molecule has 1 heterocycles. The van der Waals surface area contributed by atoms with Gasteiger partial charge in [0.1, 0.15) is 0 Å². The van der Waals surface area contributed by atoms with Gasteiger partial charge in [0.05, 0.1) is 10.8 Å². The van der Waals surface area contributed by atoms with Gasteiger partial charge in [0, 0.05) is 29.8 Å². The number of benzene rings is 4. The van der Waals surface area contributed by atoms with E-state index in [-0.39, 0.29) is 0 Å². The molecule has 0 atom stereocenters. The summed E-state index contributed by atoms with van der Waals surface area (Å²) in [5.74, 6) is 0. The van der Waals surface area contributed by atoms with Crippen LogP contribution in [-0.2, 0) is 0 Å². The Balaban J connectivity index is 2.07. The van der Waals surface area contributed by atoms with Crippen molar-refractivity contribution in [1.82, 2.24) is 0 Å². The van der Waals surface area contributed by atoms with Gasteiger partial charge in [0.15, 0.2) is 0 Å². The predicted molar refractivity (Wildman–Crippen MR) is 127 cm³/mol. The summed E-state index contributed by atoms with van der Waals surface area (Å²) in [6, 6.07) is 30.8. The Hall–Kier alpha value is -3.45. The summed E-state index contributed by atoms with van der Waals surface area (Å²) in [6.45, 7) is 8.90. The number of hydrogen-bond donors (Lipinski definition) is 0. The number of fused-ring (bicyclic) bond motifs is 2. The third-order valence-electron chi connectivity index (χ3n) is 6.10. The molecule has 0 saturated heterocycles. The van der Waals surface area contributed by atoms with Crippen molar-refractivity contribution >= 4 is 21.8 Å². The zero-order chi connectivity index (χ0) is 20.8. The molecular weight excluding hydrogens is 362 g/mol. The molecule has 0 saturated carbocycles. The highest BCUT2D eigenvalue weighted by Crippen LogP contribution is 2.39. The molecule has 0 spiro atoms. The number of aromatic nitrogens is 1.